The summed E-state index contributed by atoms with van der Waals surface area (Å²) in [5.74, 6) is 0.443. The second-order valence-corrected chi connectivity index (χ2v) is 6.47. The normalized spacial score (nSPS) is 11.7. The Kier molecular flexibility index (Phi) is 7.19. The van der Waals surface area contributed by atoms with Gasteiger partial charge in [0.05, 0.1) is 12.5 Å². The van der Waals surface area contributed by atoms with E-state index in [0.29, 0.717) is 18.0 Å². The highest BCUT2D eigenvalue weighted by Gasteiger charge is 2.19. The Morgan fingerprint density at radius 2 is 1.59 bits per heavy atom. The average molecular weight is 371 g/mol. The van der Waals surface area contributed by atoms with Gasteiger partial charge in [-0.25, -0.2) is 4.79 Å². The Labute approximate surface area is 159 Å². The molecule has 2 amide bonds. The largest absolute Gasteiger partial charge is 0.481 e. The fraction of sp³-hybridized carbons (Fsp3) is 0.300. The molecule has 7 heteroatoms. The lowest BCUT2D eigenvalue weighted by Crippen LogP contribution is -2.48. The molecule has 2 aromatic rings. The summed E-state index contributed by atoms with van der Waals surface area (Å²) in [5.41, 5.74) is 0.673. The summed E-state index contributed by atoms with van der Waals surface area (Å²) in [6, 6.07) is 15.7. The van der Waals surface area contributed by atoms with Crippen molar-refractivity contribution in [3.05, 3.63) is 54.6 Å². The van der Waals surface area contributed by atoms with Crippen LogP contribution in [0.4, 0.5) is 10.5 Å². The van der Waals surface area contributed by atoms with Gasteiger partial charge in [0.1, 0.15) is 11.5 Å². The molecule has 0 aromatic heterocycles. The number of urea groups is 1. The van der Waals surface area contributed by atoms with Gasteiger partial charge in [0, 0.05) is 19.3 Å². The van der Waals surface area contributed by atoms with Gasteiger partial charge in [-0.3, -0.25) is 9.69 Å². The van der Waals surface area contributed by atoms with Gasteiger partial charge >= 0.3 is 12.0 Å². The van der Waals surface area contributed by atoms with E-state index in [1.54, 1.807) is 31.3 Å². The van der Waals surface area contributed by atoms with Gasteiger partial charge in [-0.05, 0) is 50.5 Å². The SMILES string of the molecule is CN(C)C[C@@H](CC(=O)O)NC(=O)N(C)c1ccc(Oc2ccccc2)cc1. The van der Waals surface area contributed by atoms with Crippen molar-refractivity contribution in [1.29, 1.82) is 0 Å². The molecule has 0 saturated carbocycles. The third kappa shape index (κ3) is 6.63. The van der Waals surface area contributed by atoms with E-state index < -0.39 is 12.0 Å². The predicted octanol–water partition coefficient (Wildman–Crippen LogP) is 3.03. The molecule has 0 heterocycles. The van der Waals surface area contributed by atoms with Crippen molar-refractivity contribution in [2.45, 2.75) is 12.5 Å². The second kappa shape index (κ2) is 9.59. The minimum Gasteiger partial charge on any atom is -0.481 e. The van der Waals surface area contributed by atoms with Crippen LogP contribution in [0, 0.1) is 0 Å². The number of anilines is 1. The van der Waals surface area contributed by atoms with E-state index in [1.807, 2.05) is 49.3 Å². The first-order valence-corrected chi connectivity index (χ1v) is 8.59. The zero-order chi connectivity index (χ0) is 19.8. The van der Waals surface area contributed by atoms with Crippen LogP contribution in [0.2, 0.25) is 0 Å². The summed E-state index contributed by atoms with van der Waals surface area (Å²) < 4.78 is 5.74. The van der Waals surface area contributed by atoms with Crippen LogP contribution in [0.5, 0.6) is 11.5 Å². The summed E-state index contributed by atoms with van der Waals surface area (Å²) in [7, 11) is 5.29. The Morgan fingerprint density at radius 3 is 2.15 bits per heavy atom. The van der Waals surface area contributed by atoms with E-state index in [1.165, 1.54) is 4.90 Å². The first-order chi connectivity index (χ1) is 12.8. The van der Waals surface area contributed by atoms with Crippen LogP contribution in [0.1, 0.15) is 6.42 Å². The summed E-state index contributed by atoms with van der Waals surface area (Å²) in [6.07, 6.45) is -0.137. The van der Waals surface area contributed by atoms with Crippen molar-refractivity contribution in [2.24, 2.45) is 0 Å². The minimum atomic E-state index is -0.952. The van der Waals surface area contributed by atoms with Crippen molar-refractivity contribution < 1.29 is 19.4 Å². The minimum absolute atomic E-state index is 0.137. The maximum absolute atomic E-state index is 12.5. The molecule has 0 fully saturated rings. The number of nitrogens with one attached hydrogen (secondary N) is 1. The standard InChI is InChI=1S/C20H25N3O4/c1-22(2)14-15(13-19(24)25)21-20(26)23(3)16-9-11-18(12-10-16)27-17-7-5-4-6-8-17/h4-12,15H,13-14H2,1-3H3,(H,21,26)(H,24,25)/t15-/m1/s1. The quantitative estimate of drug-likeness (QED) is 0.745. The number of likely N-dealkylation sites (N-methyl/N-ethyl adjacent to an activating group) is 1. The van der Waals surface area contributed by atoms with Crippen molar-refractivity contribution in [2.75, 3.05) is 32.6 Å². The van der Waals surface area contributed by atoms with Gasteiger partial charge in [-0.2, -0.15) is 0 Å². The molecule has 0 aliphatic carbocycles. The van der Waals surface area contributed by atoms with E-state index in [4.69, 9.17) is 9.84 Å². The third-order valence-electron chi connectivity index (χ3n) is 3.84. The number of para-hydroxylation sites is 1. The summed E-state index contributed by atoms with van der Waals surface area (Å²) in [4.78, 5) is 26.7. The lowest BCUT2D eigenvalue weighted by atomic mass is 10.2. The van der Waals surface area contributed by atoms with E-state index in [-0.39, 0.29) is 12.5 Å². The Bertz CT molecular complexity index is 748. The van der Waals surface area contributed by atoms with Gasteiger partial charge in [-0.15, -0.1) is 0 Å². The zero-order valence-corrected chi connectivity index (χ0v) is 15.8. The Morgan fingerprint density at radius 1 is 1.00 bits per heavy atom. The van der Waals surface area contributed by atoms with Gasteiger partial charge in [-0.1, -0.05) is 18.2 Å². The third-order valence-corrected chi connectivity index (χ3v) is 3.84. The van der Waals surface area contributed by atoms with Crippen LogP contribution in [0.15, 0.2) is 54.6 Å². The van der Waals surface area contributed by atoms with Crippen molar-refractivity contribution >= 4 is 17.7 Å². The molecule has 0 bridgehead atoms. The molecule has 2 N–H and O–H groups in total. The van der Waals surface area contributed by atoms with Crippen molar-refractivity contribution in [1.82, 2.24) is 10.2 Å². The van der Waals surface area contributed by atoms with Crippen LogP contribution in [0.25, 0.3) is 0 Å². The lowest BCUT2D eigenvalue weighted by Gasteiger charge is -2.25. The predicted molar refractivity (Wildman–Crippen MR) is 104 cm³/mol. The maximum Gasteiger partial charge on any atom is 0.321 e. The van der Waals surface area contributed by atoms with Crippen molar-refractivity contribution in [3.8, 4) is 11.5 Å². The Balaban J connectivity index is 1.99. The zero-order valence-electron chi connectivity index (χ0n) is 15.8. The van der Waals surface area contributed by atoms with Crippen LogP contribution in [0.3, 0.4) is 0 Å². The number of ether oxygens (including phenoxy) is 1. The van der Waals surface area contributed by atoms with Crippen LogP contribution >= 0.6 is 0 Å². The number of carboxylic acid groups (broad SMARTS) is 1. The monoisotopic (exact) mass is 371 g/mol. The van der Waals surface area contributed by atoms with Gasteiger partial charge in [0.2, 0.25) is 0 Å². The first kappa shape index (κ1) is 20.3. The molecule has 2 rings (SSSR count). The molecule has 0 radical (unpaired) electrons. The summed E-state index contributed by atoms with van der Waals surface area (Å²) in [5, 5.41) is 11.8. The number of rotatable bonds is 8. The number of carbonyl (C=O) groups is 2. The molecule has 7 nitrogen and oxygen atoms in total. The van der Waals surface area contributed by atoms with E-state index in [0.717, 1.165) is 5.75 Å². The van der Waals surface area contributed by atoms with Crippen LogP contribution < -0.4 is 15.0 Å². The fourth-order valence-corrected chi connectivity index (χ4v) is 2.56. The maximum atomic E-state index is 12.5. The molecule has 1 atom stereocenters. The van der Waals surface area contributed by atoms with Gasteiger partial charge < -0.3 is 20.1 Å². The second-order valence-electron chi connectivity index (χ2n) is 6.47. The first-order valence-electron chi connectivity index (χ1n) is 8.59. The number of nitrogens with zero attached hydrogens (tertiary/aromatic N) is 2. The molecule has 0 saturated heterocycles. The number of carbonyl (C=O) groups excluding carboxylic acids is 1. The number of benzene rings is 2. The van der Waals surface area contributed by atoms with Crippen LogP contribution in [-0.2, 0) is 4.79 Å². The van der Waals surface area contributed by atoms with E-state index in [9.17, 15) is 9.59 Å². The van der Waals surface area contributed by atoms with Gasteiger partial charge in [0.15, 0.2) is 0 Å². The fourth-order valence-electron chi connectivity index (χ4n) is 2.56. The number of aliphatic carboxylic acids is 1. The van der Waals surface area contributed by atoms with Crippen molar-refractivity contribution in [3.63, 3.8) is 0 Å². The number of amides is 2. The topological polar surface area (TPSA) is 82.1 Å². The summed E-state index contributed by atoms with van der Waals surface area (Å²) >= 11 is 0. The van der Waals surface area contributed by atoms with E-state index >= 15 is 0 Å². The highest BCUT2D eigenvalue weighted by Crippen LogP contribution is 2.24. The number of hydrogen-bond acceptors (Lipinski definition) is 4. The van der Waals surface area contributed by atoms with Gasteiger partial charge in [0.25, 0.3) is 0 Å². The highest BCUT2D eigenvalue weighted by atomic mass is 16.5. The Hall–Kier alpha value is -3.06. The van der Waals surface area contributed by atoms with Crippen LogP contribution in [-0.4, -0.2) is 55.7 Å². The molecule has 0 spiro atoms. The smallest absolute Gasteiger partial charge is 0.321 e. The lowest BCUT2D eigenvalue weighted by molar-refractivity contribution is -0.137. The molecule has 0 aliphatic rings. The molecule has 0 aliphatic heterocycles. The molecule has 27 heavy (non-hydrogen) atoms. The summed E-state index contributed by atoms with van der Waals surface area (Å²) in [6.45, 7) is 0.440. The number of hydrogen-bond donors (Lipinski definition) is 2. The van der Waals surface area contributed by atoms with E-state index in [2.05, 4.69) is 5.32 Å². The molecule has 144 valence electrons. The molecule has 2 aromatic carbocycles. The average Bonchev–Trinajstić information content (AvgIpc) is 2.61. The molecule has 0 unspecified atom stereocenters. The molecular formula is C20H25N3O4. The number of carboxylic acids is 1. The molecular weight excluding hydrogens is 346 g/mol. The highest BCUT2D eigenvalue weighted by molar-refractivity contribution is 5.91.